The molecule has 1 aromatic carbocycles. The van der Waals surface area contributed by atoms with Crippen LogP contribution in [0.2, 0.25) is 0 Å². The monoisotopic (exact) mass is 249 g/mol. The fourth-order valence-electron chi connectivity index (χ4n) is 1.67. The van der Waals surface area contributed by atoms with E-state index in [0.717, 1.165) is 0 Å². The lowest BCUT2D eigenvalue weighted by Crippen LogP contribution is -2.09. The van der Waals surface area contributed by atoms with E-state index >= 15 is 0 Å². The third kappa shape index (κ3) is 3.22. The number of aliphatic hydroxyl groups excluding tert-OH is 1. The second-order valence-corrected chi connectivity index (χ2v) is 3.59. The van der Waals surface area contributed by atoms with Crippen LogP contribution in [0.4, 0.5) is 0 Å². The Morgan fingerprint density at radius 2 is 2.22 bits per heavy atom. The summed E-state index contributed by atoms with van der Waals surface area (Å²) in [6.45, 7) is 1.82. The van der Waals surface area contributed by atoms with E-state index in [-0.39, 0.29) is 13.0 Å². The number of hydrogen-bond acceptors (Lipinski definition) is 5. The summed E-state index contributed by atoms with van der Waals surface area (Å²) >= 11 is 0. The molecule has 0 amide bonds. The van der Waals surface area contributed by atoms with Gasteiger partial charge in [-0.3, -0.25) is 4.79 Å². The standard InChI is InChI=1S/C13H15NO4/c1-3-18-12(16)6-10-4-9(8-15)5-11(7-14)13(10)17-2/h4-5,15H,3,6,8H2,1-2H3. The van der Waals surface area contributed by atoms with Gasteiger partial charge in [0.25, 0.3) is 0 Å². The van der Waals surface area contributed by atoms with Crippen LogP contribution in [0.3, 0.4) is 0 Å². The molecule has 0 fully saturated rings. The molecule has 1 rings (SSSR count). The van der Waals surface area contributed by atoms with Crippen LogP contribution in [0.15, 0.2) is 12.1 Å². The molecular formula is C13H15NO4. The normalized spacial score (nSPS) is 9.67. The minimum Gasteiger partial charge on any atom is -0.495 e. The SMILES string of the molecule is CCOC(=O)Cc1cc(CO)cc(C#N)c1OC. The maximum atomic E-state index is 11.5. The molecule has 0 heterocycles. The van der Waals surface area contributed by atoms with Crippen LogP contribution in [0, 0.1) is 11.3 Å². The second-order valence-electron chi connectivity index (χ2n) is 3.59. The fraction of sp³-hybridized carbons (Fsp3) is 0.385. The molecule has 0 aliphatic carbocycles. The number of esters is 1. The van der Waals surface area contributed by atoms with Crippen molar-refractivity contribution < 1.29 is 19.4 Å². The van der Waals surface area contributed by atoms with E-state index in [1.54, 1.807) is 13.0 Å². The second kappa shape index (κ2) is 6.62. The highest BCUT2D eigenvalue weighted by molar-refractivity contribution is 5.74. The van der Waals surface area contributed by atoms with Crippen molar-refractivity contribution >= 4 is 5.97 Å². The van der Waals surface area contributed by atoms with Crippen LogP contribution in [0.25, 0.3) is 0 Å². The van der Waals surface area contributed by atoms with Gasteiger partial charge in [0.1, 0.15) is 11.8 Å². The van der Waals surface area contributed by atoms with Crippen molar-refractivity contribution in [2.24, 2.45) is 0 Å². The predicted octanol–water partition coefficient (Wildman–Crippen LogP) is 1.16. The molecule has 0 aromatic heterocycles. The summed E-state index contributed by atoms with van der Waals surface area (Å²) in [6.07, 6.45) is 0.0134. The number of aliphatic hydroxyl groups is 1. The Hall–Kier alpha value is -2.06. The van der Waals surface area contributed by atoms with Crippen molar-refractivity contribution in [2.75, 3.05) is 13.7 Å². The Balaban J connectivity index is 3.15. The lowest BCUT2D eigenvalue weighted by atomic mass is 10.0. The van der Waals surface area contributed by atoms with Gasteiger partial charge in [0, 0.05) is 5.56 Å². The minimum absolute atomic E-state index is 0.0134. The molecule has 0 saturated heterocycles. The van der Waals surface area contributed by atoms with Crippen LogP contribution in [0.5, 0.6) is 5.75 Å². The quantitative estimate of drug-likeness (QED) is 0.792. The highest BCUT2D eigenvalue weighted by Crippen LogP contribution is 2.26. The van der Waals surface area contributed by atoms with E-state index in [0.29, 0.717) is 29.0 Å². The molecule has 5 nitrogen and oxygen atoms in total. The molecule has 0 atom stereocenters. The third-order valence-corrected chi connectivity index (χ3v) is 2.37. The first-order valence-electron chi connectivity index (χ1n) is 5.52. The van der Waals surface area contributed by atoms with Crippen LogP contribution in [0.1, 0.15) is 23.6 Å². The topological polar surface area (TPSA) is 79.5 Å². The van der Waals surface area contributed by atoms with Crippen LogP contribution >= 0.6 is 0 Å². The highest BCUT2D eigenvalue weighted by Gasteiger charge is 2.15. The lowest BCUT2D eigenvalue weighted by molar-refractivity contribution is -0.142. The summed E-state index contributed by atoms with van der Waals surface area (Å²) < 4.78 is 9.99. The molecule has 1 aromatic rings. The van der Waals surface area contributed by atoms with Gasteiger partial charge in [-0.25, -0.2) is 0 Å². The van der Waals surface area contributed by atoms with Gasteiger partial charge in [-0.15, -0.1) is 0 Å². The maximum Gasteiger partial charge on any atom is 0.310 e. The lowest BCUT2D eigenvalue weighted by Gasteiger charge is -2.11. The molecule has 0 aliphatic rings. The predicted molar refractivity (Wildman–Crippen MR) is 64.0 cm³/mol. The van der Waals surface area contributed by atoms with E-state index in [4.69, 9.17) is 19.8 Å². The smallest absolute Gasteiger partial charge is 0.310 e. The minimum atomic E-state index is -0.394. The van der Waals surface area contributed by atoms with E-state index < -0.39 is 5.97 Å². The Kier molecular flexibility index (Phi) is 5.15. The van der Waals surface area contributed by atoms with Crippen LogP contribution in [-0.2, 0) is 22.6 Å². The van der Waals surface area contributed by atoms with E-state index in [9.17, 15) is 4.79 Å². The van der Waals surface area contributed by atoms with Crippen LogP contribution in [-0.4, -0.2) is 24.8 Å². The van der Waals surface area contributed by atoms with Gasteiger partial charge in [0.05, 0.1) is 32.3 Å². The van der Waals surface area contributed by atoms with Gasteiger partial charge in [0.2, 0.25) is 0 Å². The third-order valence-electron chi connectivity index (χ3n) is 2.37. The van der Waals surface area contributed by atoms with Crippen LogP contribution < -0.4 is 4.74 Å². The molecule has 0 saturated carbocycles. The summed E-state index contributed by atoms with van der Waals surface area (Å²) in [6, 6.07) is 5.15. The molecule has 0 bridgehead atoms. The Morgan fingerprint density at radius 3 is 2.72 bits per heavy atom. The van der Waals surface area contributed by atoms with Crippen molar-refractivity contribution in [1.82, 2.24) is 0 Å². The van der Waals surface area contributed by atoms with E-state index in [2.05, 4.69) is 0 Å². The molecule has 0 spiro atoms. The van der Waals surface area contributed by atoms with Crippen molar-refractivity contribution in [2.45, 2.75) is 20.0 Å². The molecule has 0 aliphatic heterocycles. The average molecular weight is 249 g/mol. The summed E-state index contributed by atoms with van der Waals surface area (Å²) in [5.74, 6) is -0.0440. The number of nitriles is 1. The number of hydrogen-bond donors (Lipinski definition) is 1. The summed E-state index contributed by atoms with van der Waals surface area (Å²) in [4.78, 5) is 11.5. The number of nitrogens with zero attached hydrogens (tertiary/aromatic N) is 1. The first-order chi connectivity index (χ1) is 8.65. The van der Waals surface area contributed by atoms with Crippen molar-refractivity contribution in [1.29, 1.82) is 5.26 Å². The average Bonchev–Trinajstić information content (AvgIpc) is 2.37. The summed E-state index contributed by atoms with van der Waals surface area (Å²) in [7, 11) is 1.43. The first-order valence-corrected chi connectivity index (χ1v) is 5.52. The Morgan fingerprint density at radius 1 is 1.50 bits per heavy atom. The zero-order valence-corrected chi connectivity index (χ0v) is 10.4. The molecule has 0 radical (unpaired) electrons. The molecule has 18 heavy (non-hydrogen) atoms. The summed E-state index contributed by atoms with van der Waals surface area (Å²) in [5, 5.41) is 18.1. The number of rotatable bonds is 5. The number of carbonyl (C=O) groups is 1. The van der Waals surface area contributed by atoms with Gasteiger partial charge >= 0.3 is 5.97 Å². The zero-order valence-electron chi connectivity index (χ0n) is 10.4. The first kappa shape index (κ1) is 14.0. The molecular weight excluding hydrogens is 234 g/mol. The highest BCUT2D eigenvalue weighted by atomic mass is 16.5. The number of methoxy groups -OCH3 is 1. The fourth-order valence-corrected chi connectivity index (χ4v) is 1.67. The van der Waals surface area contributed by atoms with Gasteiger partial charge in [-0.1, -0.05) is 0 Å². The van der Waals surface area contributed by atoms with Crippen molar-refractivity contribution in [3.05, 3.63) is 28.8 Å². The van der Waals surface area contributed by atoms with E-state index in [1.807, 2.05) is 6.07 Å². The van der Waals surface area contributed by atoms with E-state index in [1.165, 1.54) is 13.2 Å². The molecule has 1 N–H and O–H groups in total. The molecule has 0 unspecified atom stereocenters. The van der Waals surface area contributed by atoms with Gasteiger partial charge in [-0.2, -0.15) is 5.26 Å². The van der Waals surface area contributed by atoms with Crippen molar-refractivity contribution in [3.8, 4) is 11.8 Å². The molecule has 5 heteroatoms. The number of benzene rings is 1. The summed E-state index contributed by atoms with van der Waals surface area (Å²) in [5.41, 5.74) is 1.40. The van der Waals surface area contributed by atoms with Gasteiger partial charge in [0.15, 0.2) is 0 Å². The van der Waals surface area contributed by atoms with Gasteiger partial charge < -0.3 is 14.6 Å². The largest absolute Gasteiger partial charge is 0.495 e. The molecule has 96 valence electrons. The Bertz CT molecular complexity index is 477. The van der Waals surface area contributed by atoms with Crippen molar-refractivity contribution in [3.63, 3.8) is 0 Å². The number of ether oxygens (including phenoxy) is 2. The number of carbonyl (C=O) groups excluding carboxylic acids is 1. The zero-order chi connectivity index (χ0) is 13.5. The Labute approximate surface area is 106 Å². The van der Waals surface area contributed by atoms with Gasteiger partial charge in [-0.05, 0) is 24.6 Å². The maximum absolute atomic E-state index is 11.5.